The first-order valence-corrected chi connectivity index (χ1v) is 15.0. The maximum absolute atomic E-state index is 13.7. The third kappa shape index (κ3) is 8.67. The van der Waals surface area contributed by atoms with E-state index < -0.39 is 41.5 Å². The van der Waals surface area contributed by atoms with Gasteiger partial charge in [-0.15, -0.1) is 0 Å². The number of rotatable bonds is 10. The number of para-hydroxylation sites is 1. The van der Waals surface area contributed by atoms with Crippen molar-refractivity contribution >= 4 is 40.5 Å². The van der Waals surface area contributed by atoms with Crippen molar-refractivity contribution in [3.63, 3.8) is 0 Å². The number of carbonyl (C=O) groups is 4. The molecule has 0 bridgehead atoms. The molecule has 0 fully saturated rings. The second-order valence-corrected chi connectivity index (χ2v) is 10.8. The average Bonchev–Trinajstić information content (AvgIpc) is 3.33. The number of aromatic nitrogens is 4. The van der Waals surface area contributed by atoms with Crippen LogP contribution in [0.3, 0.4) is 0 Å². The summed E-state index contributed by atoms with van der Waals surface area (Å²) in [4.78, 5) is 66.1. The van der Waals surface area contributed by atoms with Crippen molar-refractivity contribution in [3.05, 3.63) is 101 Å². The largest absolute Gasteiger partial charge is 0.497 e. The van der Waals surface area contributed by atoms with Gasteiger partial charge >= 0.3 is 17.9 Å². The van der Waals surface area contributed by atoms with E-state index in [1.165, 1.54) is 17.8 Å². The van der Waals surface area contributed by atoms with E-state index >= 15 is 0 Å². The molecule has 0 aliphatic heterocycles. The fraction of sp³-hybridized carbons (Fsp3) is 0.206. The van der Waals surface area contributed by atoms with Crippen molar-refractivity contribution < 1.29 is 43.6 Å². The van der Waals surface area contributed by atoms with Crippen LogP contribution in [-0.2, 0) is 25.7 Å². The Hall–Kier alpha value is -6.55. The van der Waals surface area contributed by atoms with E-state index in [9.17, 15) is 14.4 Å². The van der Waals surface area contributed by atoms with Gasteiger partial charge in [-0.25, -0.2) is 19.3 Å². The second-order valence-electron chi connectivity index (χ2n) is 10.8. The molecule has 0 spiro atoms. The third-order valence-electron chi connectivity index (χ3n) is 7.04. The van der Waals surface area contributed by atoms with Gasteiger partial charge in [0.25, 0.3) is 11.5 Å². The minimum atomic E-state index is -1.82. The van der Waals surface area contributed by atoms with Crippen molar-refractivity contribution in [3.8, 4) is 22.9 Å². The lowest BCUT2D eigenvalue weighted by atomic mass is 10.2. The predicted molar refractivity (Wildman–Crippen MR) is 180 cm³/mol. The first-order valence-electron chi connectivity index (χ1n) is 15.0. The molecule has 16 nitrogen and oxygen atoms in total. The zero-order valence-electron chi connectivity index (χ0n) is 27.4. The van der Waals surface area contributed by atoms with E-state index in [2.05, 4.69) is 15.3 Å². The van der Waals surface area contributed by atoms with Crippen LogP contribution in [0.5, 0.6) is 17.2 Å². The van der Waals surface area contributed by atoms with E-state index in [4.69, 9.17) is 39.7 Å². The molecular formula is C34H34N6O10. The number of fused-ring (bicyclic) bond motifs is 1. The minimum absolute atomic E-state index is 0.0691. The van der Waals surface area contributed by atoms with Crippen LogP contribution in [0.1, 0.15) is 29.9 Å². The molecule has 0 saturated carbocycles. The van der Waals surface area contributed by atoms with Crippen LogP contribution in [0.25, 0.3) is 16.6 Å². The molecule has 2 atom stereocenters. The van der Waals surface area contributed by atoms with E-state index in [0.29, 0.717) is 34.1 Å². The highest BCUT2D eigenvalue weighted by atomic mass is 16.5. The van der Waals surface area contributed by atoms with Crippen molar-refractivity contribution in [1.29, 1.82) is 0 Å². The molecule has 5 N–H and O–H groups in total. The number of pyridine rings is 2. The van der Waals surface area contributed by atoms with Crippen LogP contribution in [-0.4, -0.2) is 72.6 Å². The Balaban J connectivity index is 0.000000860. The number of nitrogens with zero attached hydrogens (tertiary/aromatic N) is 4. The average molecular weight is 687 g/mol. The van der Waals surface area contributed by atoms with Crippen LogP contribution in [0.2, 0.25) is 0 Å². The van der Waals surface area contributed by atoms with E-state index in [1.54, 1.807) is 74.3 Å². The number of aliphatic carboxylic acids is 2. The fourth-order valence-electron chi connectivity index (χ4n) is 4.68. The molecule has 0 aliphatic rings. The molecule has 3 heterocycles. The van der Waals surface area contributed by atoms with Crippen LogP contribution in [0.15, 0.2) is 83.9 Å². The standard InChI is InChI=1S/C32H32N6O6.C2H2O4/c1-19(43-32(41)20(2)33)18-37-21(3)29(31(40)38(37)22-8-6-5-7-9-22)30(39)36-28-13-11-24(17-35-28)44-27-14-15-34-26-16-23(42-4)10-12-25(26)27;3-1(4)2(5)6/h5-17,19-20H,18,33H2,1-4H3,(H,35,36,39);(H,3,4)(H,5,6). The number of esters is 1. The third-order valence-corrected chi connectivity index (χ3v) is 7.04. The summed E-state index contributed by atoms with van der Waals surface area (Å²) in [5, 5.41) is 18.3. The Kier molecular flexibility index (Phi) is 11.6. The summed E-state index contributed by atoms with van der Waals surface area (Å²) in [6, 6.07) is 18.6. The summed E-state index contributed by atoms with van der Waals surface area (Å²) in [6.07, 6.45) is 2.48. The van der Waals surface area contributed by atoms with Gasteiger partial charge in [0.15, 0.2) is 0 Å². The van der Waals surface area contributed by atoms with Gasteiger partial charge < -0.3 is 35.5 Å². The van der Waals surface area contributed by atoms with Crippen molar-refractivity contribution in [2.75, 3.05) is 12.4 Å². The van der Waals surface area contributed by atoms with Crippen molar-refractivity contribution in [1.82, 2.24) is 19.3 Å². The maximum Gasteiger partial charge on any atom is 0.414 e. The van der Waals surface area contributed by atoms with Crippen LogP contribution >= 0.6 is 0 Å². The van der Waals surface area contributed by atoms with Crippen LogP contribution < -0.4 is 26.1 Å². The summed E-state index contributed by atoms with van der Waals surface area (Å²) in [5.74, 6) is -2.92. The first kappa shape index (κ1) is 36.3. The summed E-state index contributed by atoms with van der Waals surface area (Å²) in [6.45, 7) is 5.00. The number of carboxylic acids is 2. The Morgan fingerprint density at radius 3 is 2.22 bits per heavy atom. The molecule has 0 radical (unpaired) electrons. The molecule has 50 heavy (non-hydrogen) atoms. The minimum Gasteiger partial charge on any atom is -0.497 e. The Labute approximate surface area is 284 Å². The normalized spacial score (nSPS) is 11.8. The summed E-state index contributed by atoms with van der Waals surface area (Å²) in [5.41, 5.74) is 6.69. The van der Waals surface area contributed by atoms with Crippen LogP contribution in [0.4, 0.5) is 5.82 Å². The van der Waals surface area contributed by atoms with E-state index in [-0.39, 0.29) is 17.9 Å². The zero-order valence-corrected chi connectivity index (χ0v) is 27.4. The fourth-order valence-corrected chi connectivity index (χ4v) is 4.68. The zero-order chi connectivity index (χ0) is 36.5. The number of hydrogen-bond donors (Lipinski definition) is 4. The molecule has 5 rings (SSSR count). The van der Waals surface area contributed by atoms with Gasteiger partial charge in [0.2, 0.25) is 0 Å². The van der Waals surface area contributed by atoms with Gasteiger partial charge in [0.05, 0.1) is 36.7 Å². The number of anilines is 1. The molecule has 2 unspecified atom stereocenters. The summed E-state index contributed by atoms with van der Waals surface area (Å²) in [7, 11) is 1.59. The van der Waals surface area contributed by atoms with Gasteiger partial charge in [-0.3, -0.25) is 24.0 Å². The Bertz CT molecular complexity index is 2060. The lowest BCUT2D eigenvalue weighted by Gasteiger charge is -2.19. The maximum atomic E-state index is 13.7. The lowest BCUT2D eigenvalue weighted by molar-refractivity contribution is -0.159. The van der Waals surface area contributed by atoms with E-state index in [1.807, 2.05) is 24.3 Å². The van der Waals surface area contributed by atoms with Gasteiger partial charge in [-0.2, -0.15) is 0 Å². The van der Waals surface area contributed by atoms with Crippen molar-refractivity contribution in [2.45, 2.75) is 39.5 Å². The molecule has 3 aromatic heterocycles. The number of nitrogens with one attached hydrogen (secondary N) is 1. The first-order chi connectivity index (χ1) is 23.8. The monoisotopic (exact) mass is 686 g/mol. The number of amides is 1. The lowest BCUT2D eigenvalue weighted by Crippen LogP contribution is -2.34. The summed E-state index contributed by atoms with van der Waals surface area (Å²) >= 11 is 0. The Morgan fingerprint density at radius 2 is 1.62 bits per heavy atom. The second kappa shape index (κ2) is 16.0. The topological polar surface area (TPSA) is 227 Å². The van der Waals surface area contributed by atoms with Gasteiger partial charge in [-0.05, 0) is 63.2 Å². The molecule has 5 aromatic rings. The molecule has 260 valence electrons. The molecule has 0 aliphatic carbocycles. The number of hydrogen-bond acceptors (Lipinski definition) is 11. The quantitative estimate of drug-likeness (QED) is 0.122. The van der Waals surface area contributed by atoms with Gasteiger partial charge in [0.1, 0.15) is 40.8 Å². The number of nitrogens with two attached hydrogens (primary N) is 1. The highest BCUT2D eigenvalue weighted by Gasteiger charge is 2.26. The molecule has 0 saturated heterocycles. The predicted octanol–water partition coefficient (Wildman–Crippen LogP) is 3.38. The summed E-state index contributed by atoms with van der Waals surface area (Å²) < 4.78 is 19.7. The Morgan fingerprint density at radius 1 is 0.940 bits per heavy atom. The number of methoxy groups -OCH3 is 1. The SMILES string of the molecule is COc1ccc2c(Oc3ccc(NC(=O)c4c(C)n(CC(C)OC(=O)C(C)N)n(-c5ccccc5)c4=O)nc3)ccnc2c1.O=C(O)C(=O)O. The van der Waals surface area contributed by atoms with Crippen LogP contribution in [0, 0.1) is 6.92 Å². The molecular weight excluding hydrogens is 652 g/mol. The number of carbonyl (C=O) groups excluding carboxylic acids is 2. The number of carboxylic acid groups (broad SMARTS) is 2. The number of benzene rings is 2. The number of ether oxygens (including phenoxy) is 3. The highest BCUT2D eigenvalue weighted by molar-refractivity contribution is 6.27. The smallest absolute Gasteiger partial charge is 0.414 e. The highest BCUT2D eigenvalue weighted by Crippen LogP contribution is 2.30. The van der Waals surface area contributed by atoms with E-state index in [0.717, 1.165) is 5.39 Å². The molecule has 2 aromatic carbocycles. The molecule has 16 heteroatoms. The van der Waals surface area contributed by atoms with Gasteiger partial charge in [0, 0.05) is 17.6 Å². The molecule has 1 amide bonds. The van der Waals surface area contributed by atoms with Gasteiger partial charge in [-0.1, -0.05) is 18.2 Å². The van der Waals surface area contributed by atoms with Crippen molar-refractivity contribution in [2.24, 2.45) is 5.73 Å².